The highest BCUT2D eigenvalue weighted by Gasteiger charge is 2.53. The van der Waals surface area contributed by atoms with E-state index < -0.39 is 47.4 Å². The number of allylic oxidation sites excluding steroid dienone is 1. The summed E-state index contributed by atoms with van der Waals surface area (Å²) in [6, 6.07) is 0. The molecule has 0 radical (unpaired) electrons. The lowest BCUT2D eigenvalue weighted by atomic mass is 9.58. The van der Waals surface area contributed by atoms with Gasteiger partial charge in [-0.05, 0) is 30.4 Å². The van der Waals surface area contributed by atoms with Crippen molar-refractivity contribution in [1.82, 2.24) is 0 Å². The summed E-state index contributed by atoms with van der Waals surface area (Å²) in [6.45, 7) is 15.5. The van der Waals surface area contributed by atoms with E-state index in [-0.39, 0.29) is 30.8 Å². The van der Waals surface area contributed by atoms with E-state index in [2.05, 4.69) is 19.7 Å². The molecular formula is C23H32O8. The van der Waals surface area contributed by atoms with Crippen LogP contribution in [0.25, 0.3) is 0 Å². The molecule has 1 fully saturated rings. The first-order chi connectivity index (χ1) is 14.4. The van der Waals surface area contributed by atoms with Gasteiger partial charge >= 0.3 is 17.9 Å². The smallest absolute Gasteiger partial charge is 0.333 e. The molecule has 0 spiro atoms. The molecule has 2 N–H and O–H groups in total. The summed E-state index contributed by atoms with van der Waals surface area (Å²) in [5.41, 5.74) is -0.289. The molecule has 0 aromatic rings. The van der Waals surface area contributed by atoms with Crippen molar-refractivity contribution in [2.45, 2.75) is 39.4 Å². The number of carbonyl (C=O) groups is 3. The van der Waals surface area contributed by atoms with E-state index in [1.165, 1.54) is 27.0 Å². The summed E-state index contributed by atoms with van der Waals surface area (Å²) in [5.74, 6) is -3.57. The molecule has 1 rings (SSSR count). The summed E-state index contributed by atoms with van der Waals surface area (Å²) in [5, 5.41) is 20.8. The van der Waals surface area contributed by atoms with Crippen LogP contribution < -0.4 is 0 Å². The van der Waals surface area contributed by atoms with E-state index in [0.29, 0.717) is 5.57 Å². The number of aliphatic hydroxyl groups excluding tert-OH is 2. The maximum absolute atomic E-state index is 12.6. The normalized spacial score (nSPS) is 28.3. The van der Waals surface area contributed by atoms with Gasteiger partial charge in [0.15, 0.2) is 0 Å². The molecule has 1 saturated carbocycles. The van der Waals surface area contributed by atoms with Crippen LogP contribution in [0.5, 0.6) is 0 Å². The third-order valence-electron chi connectivity index (χ3n) is 5.68. The molecule has 1 aliphatic carbocycles. The Kier molecular flexibility index (Phi) is 9.40. The van der Waals surface area contributed by atoms with Crippen molar-refractivity contribution in [1.29, 1.82) is 0 Å². The molecule has 0 heterocycles. The molecule has 8 heteroatoms. The lowest BCUT2D eigenvalue weighted by molar-refractivity contribution is -0.161. The van der Waals surface area contributed by atoms with Crippen LogP contribution in [0.2, 0.25) is 0 Å². The Hall–Kier alpha value is -2.71. The first-order valence-electron chi connectivity index (χ1n) is 9.81. The number of aliphatic hydroxyl groups is 2. The van der Waals surface area contributed by atoms with Gasteiger partial charge < -0.3 is 24.4 Å². The van der Waals surface area contributed by atoms with Gasteiger partial charge in [0.2, 0.25) is 0 Å². The summed E-state index contributed by atoms with van der Waals surface area (Å²) in [6.07, 6.45) is 1.03. The first kappa shape index (κ1) is 26.3. The van der Waals surface area contributed by atoms with Crippen LogP contribution >= 0.6 is 0 Å². The van der Waals surface area contributed by atoms with Crippen molar-refractivity contribution in [3.8, 4) is 0 Å². The van der Waals surface area contributed by atoms with Crippen LogP contribution in [-0.2, 0) is 28.6 Å². The molecule has 31 heavy (non-hydrogen) atoms. The minimum atomic E-state index is -1.24. The SMILES string of the molecule is C=C[C@]1(C)C[C@H](OC(=O)/C(C)=C\COC(C)=O)[C@H](C(=C)C(=O)OC)[C@@H](O)[C@H]1C(=C)CO. The average molecular weight is 437 g/mol. The number of carbonyl (C=O) groups excluding carboxylic acids is 3. The number of hydrogen-bond acceptors (Lipinski definition) is 8. The van der Waals surface area contributed by atoms with Gasteiger partial charge in [-0.1, -0.05) is 26.2 Å². The number of methoxy groups -OCH3 is 1. The highest BCUT2D eigenvalue weighted by atomic mass is 16.5. The third-order valence-corrected chi connectivity index (χ3v) is 5.68. The average Bonchev–Trinajstić information content (AvgIpc) is 2.71. The standard InChI is InChI=1S/C23H32O8/c1-8-23(6)11-17(31-21(27)13(2)9-10-30-16(5)25)18(15(4)22(28)29-7)20(26)19(23)14(3)12-24/h8-9,17-20,24,26H,1,3-4,10-12H2,2,5-7H3/b13-9-/t17-,18-,19+,20+,23+/m0/s1. The minimum Gasteiger partial charge on any atom is -0.466 e. The predicted molar refractivity (Wildman–Crippen MR) is 114 cm³/mol. The molecule has 0 aromatic heterocycles. The Morgan fingerprint density at radius 3 is 2.29 bits per heavy atom. The maximum atomic E-state index is 12.6. The zero-order valence-corrected chi connectivity index (χ0v) is 18.6. The minimum absolute atomic E-state index is 0.0591. The van der Waals surface area contributed by atoms with Gasteiger partial charge in [0.1, 0.15) is 12.7 Å². The molecule has 8 nitrogen and oxygen atoms in total. The zero-order chi connectivity index (χ0) is 23.9. The maximum Gasteiger partial charge on any atom is 0.333 e. The molecule has 0 amide bonds. The number of esters is 3. The van der Waals surface area contributed by atoms with Gasteiger partial charge in [-0.3, -0.25) is 4.79 Å². The van der Waals surface area contributed by atoms with Crippen molar-refractivity contribution in [3.63, 3.8) is 0 Å². The zero-order valence-electron chi connectivity index (χ0n) is 18.6. The van der Waals surface area contributed by atoms with Gasteiger partial charge in [-0.2, -0.15) is 0 Å². The number of ether oxygens (including phenoxy) is 3. The summed E-state index contributed by atoms with van der Waals surface area (Å²) in [4.78, 5) is 35.7. The molecule has 172 valence electrons. The number of rotatable bonds is 9. The van der Waals surface area contributed by atoms with Crippen molar-refractivity contribution < 1.29 is 38.8 Å². The highest BCUT2D eigenvalue weighted by molar-refractivity contribution is 5.89. The summed E-state index contributed by atoms with van der Waals surface area (Å²) in [7, 11) is 1.18. The molecule has 0 saturated heterocycles. The fraction of sp³-hybridized carbons (Fsp3) is 0.522. The van der Waals surface area contributed by atoms with E-state index in [1.54, 1.807) is 13.0 Å². The first-order valence-corrected chi connectivity index (χ1v) is 9.81. The Labute approximate surface area is 182 Å². The molecule has 0 bridgehead atoms. The molecule has 0 aliphatic heterocycles. The lowest BCUT2D eigenvalue weighted by Crippen LogP contribution is -2.54. The van der Waals surface area contributed by atoms with E-state index in [1.807, 2.05) is 0 Å². The van der Waals surface area contributed by atoms with Gasteiger partial charge in [0.25, 0.3) is 0 Å². The van der Waals surface area contributed by atoms with Crippen molar-refractivity contribution in [2.24, 2.45) is 17.3 Å². The van der Waals surface area contributed by atoms with Crippen LogP contribution in [0, 0.1) is 17.3 Å². The van der Waals surface area contributed by atoms with Gasteiger partial charge in [0, 0.05) is 24.0 Å². The van der Waals surface area contributed by atoms with Crippen molar-refractivity contribution in [3.05, 3.63) is 48.6 Å². The van der Waals surface area contributed by atoms with Crippen molar-refractivity contribution >= 4 is 17.9 Å². The van der Waals surface area contributed by atoms with Crippen LogP contribution in [-0.4, -0.2) is 60.7 Å². The van der Waals surface area contributed by atoms with E-state index in [9.17, 15) is 24.6 Å². The van der Waals surface area contributed by atoms with Crippen LogP contribution in [0.4, 0.5) is 0 Å². The molecule has 1 aliphatic rings. The largest absolute Gasteiger partial charge is 0.466 e. The summed E-state index contributed by atoms with van der Waals surface area (Å²) >= 11 is 0. The van der Waals surface area contributed by atoms with Crippen molar-refractivity contribution in [2.75, 3.05) is 20.3 Å². The summed E-state index contributed by atoms with van der Waals surface area (Å²) < 4.78 is 15.2. The quantitative estimate of drug-likeness (QED) is 0.243. The Balaban J connectivity index is 3.30. The topological polar surface area (TPSA) is 119 Å². The second kappa shape index (κ2) is 11.1. The fourth-order valence-electron chi connectivity index (χ4n) is 3.93. The molecular weight excluding hydrogens is 404 g/mol. The molecule has 5 atom stereocenters. The van der Waals surface area contributed by atoms with Crippen LogP contribution in [0.3, 0.4) is 0 Å². The second-order valence-corrected chi connectivity index (χ2v) is 7.87. The highest BCUT2D eigenvalue weighted by Crippen LogP contribution is 2.50. The molecule has 0 unspecified atom stereocenters. The van der Waals surface area contributed by atoms with Gasteiger partial charge in [-0.25, -0.2) is 9.59 Å². The Bertz CT molecular complexity index is 780. The van der Waals surface area contributed by atoms with Crippen LogP contribution in [0.15, 0.2) is 48.6 Å². The predicted octanol–water partition coefficient (Wildman–Crippen LogP) is 1.87. The van der Waals surface area contributed by atoms with Gasteiger partial charge in [0.05, 0.1) is 25.7 Å². The lowest BCUT2D eigenvalue weighted by Gasteiger charge is -2.50. The van der Waals surface area contributed by atoms with E-state index in [0.717, 1.165) is 0 Å². The molecule has 0 aromatic carbocycles. The second-order valence-electron chi connectivity index (χ2n) is 7.87. The monoisotopic (exact) mass is 436 g/mol. The van der Waals surface area contributed by atoms with E-state index in [4.69, 9.17) is 14.2 Å². The Morgan fingerprint density at radius 2 is 1.81 bits per heavy atom. The van der Waals surface area contributed by atoms with E-state index >= 15 is 0 Å². The number of hydrogen-bond donors (Lipinski definition) is 2. The Morgan fingerprint density at radius 1 is 1.19 bits per heavy atom. The third kappa shape index (κ3) is 6.15. The van der Waals surface area contributed by atoms with Gasteiger partial charge in [-0.15, -0.1) is 6.58 Å². The van der Waals surface area contributed by atoms with Crippen LogP contribution in [0.1, 0.15) is 27.2 Å². The fourth-order valence-corrected chi connectivity index (χ4v) is 3.93.